The predicted molar refractivity (Wildman–Crippen MR) is 103 cm³/mol. The molecule has 6 nitrogen and oxygen atoms in total. The fraction of sp³-hybridized carbons (Fsp3) is 0.273. The van der Waals surface area contributed by atoms with E-state index in [0.717, 1.165) is 18.2 Å². The summed E-state index contributed by atoms with van der Waals surface area (Å²) in [6.07, 6.45) is -1.73. The molecule has 0 amide bonds. The van der Waals surface area contributed by atoms with Crippen molar-refractivity contribution in [2.45, 2.75) is 18.8 Å². The van der Waals surface area contributed by atoms with E-state index in [1.807, 2.05) is 6.07 Å². The first kappa shape index (κ1) is 20.8. The Morgan fingerprint density at radius 1 is 1.03 bits per heavy atom. The maximum Gasteiger partial charge on any atom is 0.244 e. The summed E-state index contributed by atoms with van der Waals surface area (Å²) in [5.74, 6) is -5.23. The standard InChI is InChI=1S/C22H13ClF2N4O2/c1-12-21(11-28)19(29)31-22(12,13-2-4-14(23)5-3-13)30-18(20(21,9-26)10-27)16-8-15(24)6-7-17(16)25/h2-8,12,18,29H,1H3. The second-order valence-electron chi connectivity index (χ2n) is 7.44. The molecule has 2 aromatic rings. The molecule has 0 spiro atoms. The average molecular weight is 439 g/mol. The summed E-state index contributed by atoms with van der Waals surface area (Å²) in [6, 6.07) is 14.2. The largest absolute Gasteiger partial charge is 0.443 e. The fourth-order valence-electron chi connectivity index (χ4n) is 4.54. The van der Waals surface area contributed by atoms with E-state index in [-0.39, 0.29) is 0 Å². The maximum atomic E-state index is 14.8. The predicted octanol–water partition coefficient (Wildman–Crippen LogP) is 4.73. The summed E-state index contributed by atoms with van der Waals surface area (Å²) < 4.78 is 40.7. The summed E-state index contributed by atoms with van der Waals surface area (Å²) in [6.45, 7) is 1.51. The van der Waals surface area contributed by atoms with Gasteiger partial charge in [-0.3, -0.25) is 5.41 Å². The van der Waals surface area contributed by atoms with Gasteiger partial charge in [-0.25, -0.2) is 8.78 Å². The van der Waals surface area contributed by atoms with Gasteiger partial charge in [-0.1, -0.05) is 30.7 Å². The van der Waals surface area contributed by atoms with Crippen LogP contribution >= 0.6 is 11.6 Å². The smallest absolute Gasteiger partial charge is 0.244 e. The van der Waals surface area contributed by atoms with Gasteiger partial charge in [0, 0.05) is 16.1 Å². The van der Waals surface area contributed by atoms with Crippen LogP contribution in [0, 0.1) is 67.8 Å². The van der Waals surface area contributed by atoms with Crippen LogP contribution in [0.2, 0.25) is 5.02 Å². The molecule has 4 rings (SSSR count). The Balaban J connectivity index is 2.07. The molecule has 1 N–H and O–H groups in total. The Hall–Kier alpha value is -3.51. The van der Waals surface area contributed by atoms with Crippen LogP contribution in [0.5, 0.6) is 0 Å². The van der Waals surface area contributed by atoms with E-state index in [0.29, 0.717) is 10.6 Å². The van der Waals surface area contributed by atoms with Gasteiger partial charge >= 0.3 is 0 Å². The molecule has 2 heterocycles. The molecule has 2 aromatic carbocycles. The molecule has 9 heteroatoms. The van der Waals surface area contributed by atoms with Gasteiger partial charge in [-0.15, -0.1) is 0 Å². The highest BCUT2D eigenvalue weighted by Gasteiger charge is 2.80. The lowest BCUT2D eigenvalue weighted by Gasteiger charge is -2.48. The van der Waals surface area contributed by atoms with Gasteiger partial charge in [-0.2, -0.15) is 15.8 Å². The molecule has 2 bridgehead atoms. The van der Waals surface area contributed by atoms with E-state index >= 15 is 0 Å². The summed E-state index contributed by atoms with van der Waals surface area (Å²) >= 11 is 5.97. The Labute approximate surface area is 181 Å². The van der Waals surface area contributed by atoms with Crippen LogP contribution in [-0.2, 0) is 15.3 Å². The van der Waals surface area contributed by atoms with Crippen LogP contribution in [0.1, 0.15) is 24.2 Å². The van der Waals surface area contributed by atoms with E-state index in [1.165, 1.54) is 19.1 Å². The van der Waals surface area contributed by atoms with Gasteiger partial charge in [0.1, 0.15) is 17.7 Å². The normalized spacial score (nSPS) is 30.5. The number of halogens is 3. The van der Waals surface area contributed by atoms with E-state index in [1.54, 1.807) is 24.3 Å². The zero-order valence-corrected chi connectivity index (χ0v) is 16.7. The SMILES string of the molecule is CC1C2(c3ccc(Cl)cc3)OC(=N)C1(C#N)C(C#N)(C#N)C(c1cc(F)ccc1F)O2. The van der Waals surface area contributed by atoms with E-state index in [9.17, 15) is 24.6 Å². The third-order valence-corrected chi connectivity index (χ3v) is 6.41. The van der Waals surface area contributed by atoms with Crippen molar-refractivity contribution < 1.29 is 18.3 Å². The zero-order chi connectivity index (χ0) is 22.6. The quantitative estimate of drug-likeness (QED) is 0.728. The molecule has 0 aliphatic carbocycles. The zero-order valence-electron chi connectivity index (χ0n) is 16.0. The molecule has 0 aromatic heterocycles. The first-order valence-electron chi connectivity index (χ1n) is 9.13. The van der Waals surface area contributed by atoms with Crippen LogP contribution in [0.3, 0.4) is 0 Å². The van der Waals surface area contributed by atoms with Crippen molar-refractivity contribution >= 4 is 17.5 Å². The van der Waals surface area contributed by atoms with Crippen molar-refractivity contribution in [2.24, 2.45) is 16.7 Å². The van der Waals surface area contributed by atoms with E-state index < -0.39 is 51.7 Å². The summed E-state index contributed by atoms with van der Waals surface area (Å²) in [4.78, 5) is 0. The minimum absolute atomic E-state index is 0.345. The highest BCUT2D eigenvalue weighted by atomic mass is 35.5. The summed E-state index contributed by atoms with van der Waals surface area (Å²) in [5, 5.41) is 39.2. The Morgan fingerprint density at radius 3 is 2.26 bits per heavy atom. The number of nitrogens with one attached hydrogen (secondary N) is 1. The lowest BCUT2D eigenvalue weighted by Crippen LogP contribution is -2.57. The van der Waals surface area contributed by atoms with Crippen molar-refractivity contribution in [1.29, 1.82) is 21.2 Å². The van der Waals surface area contributed by atoms with Gasteiger partial charge in [0.2, 0.25) is 17.1 Å². The molecular weight excluding hydrogens is 426 g/mol. The molecule has 4 unspecified atom stereocenters. The number of fused-ring (bicyclic) bond motifs is 2. The Bertz CT molecular complexity index is 1220. The highest BCUT2D eigenvalue weighted by Crippen LogP contribution is 2.69. The minimum Gasteiger partial charge on any atom is -0.443 e. The highest BCUT2D eigenvalue weighted by molar-refractivity contribution is 6.30. The lowest BCUT2D eigenvalue weighted by molar-refractivity contribution is -0.289. The van der Waals surface area contributed by atoms with Crippen LogP contribution in [0.25, 0.3) is 0 Å². The monoisotopic (exact) mass is 438 g/mol. The van der Waals surface area contributed by atoms with Crippen molar-refractivity contribution in [1.82, 2.24) is 0 Å². The summed E-state index contributed by atoms with van der Waals surface area (Å²) in [5.41, 5.74) is -4.58. The number of hydrogen-bond donors (Lipinski definition) is 1. The van der Waals surface area contributed by atoms with Gasteiger partial charge in [-0.05, 0) is 30.3 Å². The van der Waals surface area contributed by atoms with Crippen LogP contribution in [-0.4, -0.2) is 5.90 Å². The molecule has 2 aliphatic rings. The molecule has 2 fully saturated rings. The van der Waals surface area contributed by atoms with Crippen molar-refractivity contribution in [2.75, 3.05) is 0 Å². The molecule has 0 radical (unpaired) electrons. The lowest BCUT2D eigenvalue weighted by atomic mass is 9.53. The Morgan fingerprint density at radius 2 is 1.68 bits per heavy atom. The van der Waals surface area contributed by atoms with Crippen LogP contribution in [0.4, 0.5) is 8.78 Å². The van der Waals surface area contributed by atoms with E-state index in [2.05, 4.69) is 0 Å². The number of nitrogens with zero attached hydrogens (tertiary/aromatic N) is 3. The topological polar surface area (TPSA) is 114 Å². The number of nitriles is 3. The van der Waals surface area contributed by atoms with Gasteiger partial charge in [0.05, 0.1) is 24.1 Å². The second kappa shape index (κ2) is 6.75. The van der Waals surface area contributed by atoms with Gasteiger partial charge < -0.3 is 9.47 Å². The molecule has 31 heavy (non-hydrogen) atoms. The molecule has 154 valence electrons. The third-order valence-electron chi connectivity index (χ3n) is 6.16. The van der Waals surface area contributed by atoms with Gasteiger partial charge in [0.15, 0.2) is 5.41 Å². The number of hydrogen-bond acceptors (Lipinski definition) is 6. The van der Waals surface area contributed by atoms with Crippen molar-refractivity contribution in [3.8, 4) is 18.2 Å². The van der Waals surface area contributed by atoms with Crippen LogP contribution < -0.4 is 0 Å². The number of rotatable bonds is 2. The van der Waals surface area contributed by atoms with Crippen molar-refractivity contribution in [3.05, 3.63) is 70.2 Å². The van der Waals surface area contributed by atoms with Crippen molar-refractivity contribution in [3.63, 3.8) is 0 Å². The number of benzene rings is 2. The van der Waals surface area contributed by atoms with Gasteiger partial charge in [0.25, 0.3) is 0 Å². The summed E-state index contributed by atoms with van der Waals surface area (Å²) in [7, 11) is 0. The molecule has 0 saturated carbocycles. The first-order chi connectivity index (χ1) is 14.7. The van der Waals surface area contributed by atoms with Crippen LogP contribution in [0.15, 0.2) is 42.5 Å². The molecule has 4 atom stereocenters. The third kappa shape index (κ3) is 2.39. The molecule has 2 saturated heterocycles. The fourth-order valence-corrected chi connectivity index (χ4v) is 4.67. The first-order valence-corrected chi connectivity index (χ1v) is 9.51. The molecule has 2 aliphatic heterocycles. The average Bonchev–Trinajstić information content (AvgIpc) is 2.92. The van der Waals surface area contributed by atoms with E-state index in [4.69, 9.17) is 26.5 Å². The molecular formula is C22H13ClF2N4O2. The minimum atomic E-state index is -2.39. The maximum absolute atomic E-state index is 14.8. The Kier molecular flexibility index (Phi) is 4.52. The second-order valence-corrected chi connectivity index (χ2v) is 7.88. The number of ether oxygens (including phenoxy) is 2.